The van der Waals surface area contributed by atoms with Gasteiger partial charge in [0.15, 0.2) is 16.3 Å². The molecule has 0 fully saturated rings. The van der Waals surface area contributed by atoms with Crippen LogP contribution in [0.5, 0.6) is 11.5 Å². The number of aryl methyl sites for hydroxylation is 1. The highest BCUT2D eigenvalue weighted by Crippen LogP contribution is 2.34. The zero-order valence-corrected chi connectivity index (χ0v) is 20.4. The van der Waals surface area contributed by atoms with Gasteiger partial charge in [0.1, 0.15) is 0 Å². The number of amides is 1. The van der Waals surface area contributed by atoms with Crippen LogP contribution in [0.4, 0.5) is 5.69 Å². The molecular formula is C25H30N4O4S. The Hall–Kier alpha value is -3.33. The van der Waals surface area contributed by atoms with Crippen molar-refractivity contribution in [3.05, 3.63) is 57.1 Å². The number of nitrogens with zero attached hydrogens (tertiary/aromatic N) is 2. The van der Waals surface area contributed by atoms with Crippen molar-refractivity contribution >= 4 is 34.7 Å². The van der Waals surface area contributed by atoms with Gasteiger partial charge in [-0.2, -0.15) is 0 Å². The maximum atomic E-state index is 12.9. The summed E-state index contributed by atoms with van der Waals surface area (Å²) in [6, 6.07) is 11.8. The zero-order chi connectivity index (χ0) is 24.1. The van der Waals surface area contributed by atoms with Crippen molar-refractivity contribution in [2.75, 3.05) is 31.3 Å². The van der Waals surface area contributed by atoms with Gasteiger partial charge in [-0.05, 0) is 62.7 Å². The number of aromatic nitrogens is 2. The van der Waals surface area contributed by atoms with Gasteiger partial charge in [0.2, 0.25) is 12.7 Å². The summed E-state index contributed by atoms with van der Waals surface area (Å²) in [6.07, 6.45) is 1.71. The fraction of sp³-hybridized carbons (Fsp3) is 0.400. The molecular weight excluding hydrogens is 452 g/mol. The summed E-state index contributed by atoms with van der Waals surface area (Å²) in [4.78, 5) is 30.6. The molecule has 2 aromatic carbocycles. The Labute approximate surface area is 203 Å². The van der Waals surface area contributed by atoms with E-state index in [9.17, 15) is 9.59 Å². The molecule has 1 aromatic heterocycles. The monoisotopic (exact) mass is 482 g/mol. The van der Waals surface area contributed by atoms with Crippen LogP contribution in [-0.2, 0) is 11.3 Å². The van der Waals surface area contributed by atoms with Crippen LogP contribution in [0.3, 0.4) is 0 Å². The highest BCUT2D eigenvalue weighted by molar-refractivity contribution is 7.71. The highest BCUT2D eigenvalue weighted by Gasteiger charge is 2.17. The minimum absolute atomic E-state index is 0.0225. The standard InChI is InChI=1S/C25H30N4O4S/c1-3-28(18-8-4-7-17(2)13-18)11-6-10-26-23(30)9-5-12-29-24(31)19-14-21-22(33-16-32-21)15-20(19)27-25(29)34/h4,7-8,13-15H,3,5-6,9-12,16H2,1-2H3,(H,26,30)(H,27,34). The molecule has 2 N–H and O–H groups in total. The topological polar surface area (TPSA) is 88.6 Å². The number of rotatable bonds is 10. The van der Waals surface area contributed by atoms with E-state index in [1.54, 1.807) is 12.1 Å². The number of nitrogens with one attached hydrogen (secondary N) is 2. The predicted molar refractivity (Wildman–Crippen MR) is 135 cm³/mol. The number of hydrogen-bond donors (Lipinski definition) is 2. The van der Waals surface area contributed by atoms with Gasteiger partial charge in [-0.3, -0.25) is 14.2 Å². The van der Waals surface area contributed by atoms with Gasteiger partial charge in [0.25, 0.3) is 5.56 Å². The van der Waals surface area contributed by atoms with Crippen LogP contribution < -0.4 is 25.2 Å². The van der Waals surface area contributed by atoms with Crippen molar-refractivity contribution in [1.82, 2.24) is 14.9 Å². The van der Waals surface area contributed by atoms with Gasteiger partial charge < -0.3 is 24.7 Å². The normalized spacial score (nSPS) is 12.2. The van der Waals surface area contributed by atoms with Crippen molar-refractivity contribution < 1.29 is 14.3 Å². The quantitative estimate of drug-likeness (QED) is 0.337. The molecule has 0 aliphatic carbocycles. The Balaban J connectivity index is 1.26. The number of ether oxygens (including phenoxy) is 2. The van der Waals surface area contributed by atoms with E-state index in [1.807, 2.05) is 0 Å². The predicted octanol–water partition coefficient (Wildman–Crippen LogP) is 3.91. The maximum absolute atomic E-state index is 12.9. The molecule has 3 aromatic rings. The van der Waals surface area contributed by atoms with Gasteiger partial charge >= 0.3 is 0 Å². The van der Waals surface area contributed by atoms with Crippen LogP contribution in [0.1, 0.15) is 31.7 Å². The fourth-order valence-electron chi connectivity index (χ4n) is 4.12. The van der Waals surface area contributed by atoms with Crippen LogP contribution in [0.15, 0.2) is 41.2 Å². The number of benzene rings is 2. The third-order valence-corrected chi connectivity index (χ3v) is 6.26. The van der Waals surface area contributed by atoms with Crippen LogP contribution in [0.2, 0.25) is 0 Å². The minimum atomic E-state index is -0.201. The summed E-state index contributed by atoms with van der Waals surface area (Å²) >= 11 is 5.37. The number of carbonyl (C=O) groups excluding carboxylic acids is 1. The molecule has 0 spiro atoms. The molecule has 1 aliphatic rings. The van der Waals surface area contributed by atoms with Crippen LogP contribution in [0.25, 0.3) is 10.9 Å². The van der Waals surface area contributed by atoms with Crippen LogP contribution in [0, 0.1) is 11.7 Å². The Morgan fingerprint density at radius 2 is 2.00 bits per heavy atom. The lowest BCUT2D eigenvalue weighted by molar-refractivity contribution is -0.121. The maximum Gasteiger partial charge on any atom is 0.262 e. The van der Waals surface area contributed by atoms with Gasteiger partial charge in [-0.25, -0.2) is 0 Å². The summed E-state index contributed by atoms with van der Waals surface area (Å²) < 4.78 is 12.6. The second-order valence-electron chi connectivity index (χ2n) is 8.36. The molecule has 8 nitrogen and oxygen atoms in total. The Bertz CT molecular complexity index is 1300. The van der Waals surface area contributed by atoms with Crippen molar-refractivity contribution in [1.29, 1.82) is 0 Å². The number of H-pyrrole nitrogens is 1. The van der Waals surface area contributed by atoms with Gasteiger partial charge in [-0.1, -0.05) is 12.1 Å². The first-order valence-corrected chi connectivity index (χ1v) is 12.0. The number of fused-ring (bicyclic) bond motifs is 2. The lowest BCUT2D eigenvalue weighted by Gasteiger charge is -2.23. The van der Waals surface area contributed by atoms with Gasteiger partial charge in [-0.15, -0.1) is 0 Å². The number of aromatic amines is 1. The third kappa shape index (κ3) is 5.41. The largest absolute Gasteiger partial charge is 0.454 e. The Morgan fingerprint density at radius 3 is 2.76 bits per heavy atom. The molecule has 2 heterocycles. The average Bonchev–Trinajstić information content (AvgIpc) is 3.27. The molecule has 1 aliphatic heterocycles. The second kappa shape index (κ2) is 10.7. The summed E-state index contributed by atoms with van der Waals surface area (Å²) in [5.74, 6) is 1.11. The van der Waals surface area contributed by atoms with Crippen molar-refractivity contribution in [3.8, 4) is 11.5 Å². The van der Waals surface area contributed by atoms with Gasteiger partial charge in [0, 0.05) is 44.4 Å². The van der Waals surface area contributed by atoms with Crippen molar-refractivity contribution in [2.24, 2.45) is 0 Å². The van der Waals surface area contributed by atoms with E-state index >= 15 is 0 Å². The first-order chi connectivity index (χ1) is 16.5. The third-order valence-electron chi connectivity index (χ3n) is 5.94. The number of anilines is 1. The van der Waals surface area contributed by atoms with E-state index in [1.165, 1.54) is 15.8 Å². The lowest BCUT2D eigenvalue weighted by atomic mass is 10.2. The van der Waals surface area contributed by atoms with E-state index in [4.69, 9.17) is 21.7 Å². The molecule has 34 heavy (non-hydrogen) atoms. The minimum Gasteiger partial charge on any atom is -0.454 e. The number of hydrogen-bond acceptors (Lipinski definition) is 6. The van der Waals surface area contributed by atoms with Crippen LogP contribution in [-0.4, -0.2) is 41.9 Å². The summed E-state index contributed by atoms with van der Waals surface area (Å²) in [7, 11) is 0. The summed E-state index contributed by atoms with van der Waals surface area (Å²) in [6.45, 7) is 7.13. The fourth-order valence-corrected chi connectivity index (χ4v) is 4.41. The summed E-state index contributed by atoms with van der Waals surface area (Å²) in [5.41, 5.74) is 2.85. The zero-order valence-electron chi connectivity index (χ0n) is 19.6. The smallest absolute Gasteiger partial charge is 0.262 e. The second-order valence-corrected chi connectivity index (χ2v) is 8.75. The SMILES string of the molecule is CCN(CCCNC(=O)CCCn1c(=S)[nH]c2cc3c(cc2c1=O)OCO3)c1cccc(C)c1. The highest BCUT2D eigenvalue weighted by atomic mass is 32.1. The molecule has 0 unspecified atom stereocenters. The van der Waals surface area contributed by atoms with E-state index < -0.39 is 0 Å². The van der Waals surface area contributed by atoms with E-state index in [0.29, 0.717) is 53.1 Å². The van der Waals surface area contributed by atoms with E-state index in [2.05, 4.69) is 53.3 Å². The number of carbonyl (C=O) groups is 1. The first kappa shape index (κ1) is 23.8. The Kier molecular flexibility index (Phi) is 7.52. The molecule has 0 saturated carbocycles. The molecule has 1 amide bonds. The van der Waals surface area contributed by atoms with E-state index in [0.717, 1.165) is 19.5 Å². The van der Waals surface area contributed by atoms with Crippen molar-refractivity contribution in [3.63, 3.8) is 0 Å². The molecule has 0 radical (unpaired) electrons. The first-order valence-electron chi connectivity index (χ1n) is 11.6. The molecule has 180 valence electrons. The Morgan fingerprint density at radius 1 is 1.21 bits per heavy atom. The lowest BCUT2D eigenvalue weighted by Crippen LogP contribution is -2.30. The average molecular weight is 483 g/mol. The summed E-state index contributed by atoms with van der Waals surface area (Å²) in [5, 5.41) is 3.46. The molecule has 0 bridgehead atoms. The van der Waals surface area contributed by atoms with E-state index in [-0.39, 0.29) is 18.3 Å². The van der Waals surface area contributed by atoms with Crippen molar-refractivity contribution in [2.45, 2.75) is 39.7 Å². The van der Waals surface area contributed by atoms with Gasteiger partial charge in [0.05, 0.1) is 10.9 Å². The molecule has 9 heteroatoms. The van der Waals surface area contributed by atoms with Crippen LogP contribution >= 0.6 is 12.2 Å². The molecule has 4 rings (SSSR count). The molecule has 0 saturated heterocycles. The molecule has 0 atom stereocenters.